The summed E-state index contributed by atoms with van der Waals surface area (Å²) in [6, 6.07) is 0. The molecule has 0 spiro atoms. The fraction of sp³-hybridized carbons (Fsp3) is 0.714. The van der Waals surface area contributed by atoms with Crippen molar-refractivity contribution in [1.29, 1.82) is 0 Å². The van der Waals surface area contributed by atoms with Crippen LogP contribution in [0.25, 0.3) is 0 Å². The number of hydrogen-bond acceptors (Lipinski definition) is 3. The summed E-state index contributed by atoms with van der Waals surface area (Å²) in [6.07, 6.45) is 0. The van der Waals surface area contributed by atoms with Crippen molar-refractivity contribution in [3.8, 4) is 0 Å². The van der Waals surface area contributed by atoms with Crippen LogP contribution < -0.4 is 0 Å². The third-order valence-electron chi connectivity index (χ3n) is 1.62. The molecule has 1 fully saturated rings. The number of allylic oxidation sites excluding steroid dienone is 1. The van der Waals surface area contributed by atoms with Crippen LogP contribution in [0.1, 0.15) is 13.8 Å². The predicted octanol–water partition coefficient (Wildman–Crippen LogP) is 2.40. The van der Waals surface area contributed by atoms with Crippen molar-refractivity contribution in [2.45, 2.75) is 13.8 Å². The highest BCUT2D eigenvalue weighted by atomic mass is 31.2. The smallest absolute Gasteiger partial charge is 0.303 e. The Kier molecular flexibility index (Phi) is 2.53. The molecule has 0 aromatic carbocycles. The molecule has 4 heteroatoms. The molecule has 1 rings (SSSR count). The van der Waals surface area contributed by atoms with Gasteiger partial charge in [-0.25, -0.2) is 0 Å². The van der Waals surface area contributed by atoms with Crippen LogP contribution in [0, 0.1) is 5.92 Å². The third kappa shape index (κ3) is 1.73. The Morgan fingerprint density at radius 1 is 1.45 bits per heavy atom. The van der Waals surface area contributed by atoms with E-state index in [1.54, 1.807) is 0 Å². The van der Waals surface area contributed by atoms with E-state index in [0.717, 1.165) is 0 Å². The third-order valence-corrected chi connectivity index (χ3v) is 3.89. The van der Waals surface area contributed by atoms with Crippen LogP contribution in [-0.2, 0) is 13.6 Å². The normalized spacial score (nSPS) is 22.5. The lowest BCUT2D eigenvalue weighted by Gasteiger charge is -2.14. The monoisotopic (exact) mass is 176 g/mol. The van der Waals surface area contributed by atoms with E-state index < -0.39 is 7.60 Å². The maximum atomic E-state index is 11.6. The van der Waals surface area contributed by atoms with Gasteiger partial charge >= 0.3 is 7.60 Å². The van der Waals surface area contributed by atoms with Gasteiger partial charge in [-0.3, -0.25) is 4.57 Å². The van der Waals surface area contributed by atoms with Crippen LogP contribution in [0.15, 0.2) is 11.9 Å². The van der Waals surface area contributed by atoms with Gasteiger partial charge in [0.2, 0.25) is 0 Å². The molecule has 1 heterocycles. The zero-order valence-corrected chi connectivity index (χ0v) is 7.77. The second kappa shape index (κ2) is 3.10. The summed E-state index contributed by atoms with van der Waals surface area (Å²) < 4.78 is 21.6. The van der Waals surface area contributed by atoms with E-state index in [1.807, 2.05) is 13.8 Å². The zero-order valence-electron chi connectivity index (χ0n) is 6.87. The molecule has 3 nitrogen and oxygen atoms in total. The minimum absolute atomic E-state index is 0.152. The van der Waals surface area contributed by atoms with Gasteiger partial charge in [-0.2, -0.15) is 0 Å². The number of hydrogen-bond donors (Lipinski definition) is 0. The summed E-state index contributed by atoms with van der Waals surface area (Å²) in [6.45, 7) is 8.38. The minimum Gasteiger partial charge on any atom is -0.303 e. The molecule has 64 valence electrons. The van der Waals surface area contributed by atoms with E-state index in [-0.39, 0.29) is 5.92 Å². The average Bonchev–Trinajstić information content (AvgIpc) is 2.35. The standard InChI is InChI=1S/C7H13O3P/c1-6(2)7(3)11(8)9-4-5-10-11/h6H,3-5H2,1-2H3. The summed E-state index contributed by atoms with van der Waals surface area (Å²) >= 11 is 0. The Morgan fingerprint density at radius 3 is 2.27 bits per heavy atom. The van der Waals surface area contributed by atoms with Crippen molar-refractivity contribution in [1.82, 2.24) is 0 Å². The van der Waals surface area contributed by atoms with E-state index >= 15 is 0 Å². The lowest BCUT2D eigenvalue weighted by molar-refractivity contribution is 0.356. The Hall–Kier alpha value is -0.110. The quantitative estimate of drug-likeness (QED) is 0.606. The van der Waals surface area contributed by atoms with Crippen LogP contribution >= 0.6 is 7.60 Å². The van der Waals surface area contributed by atoms with Gasteiger partial charge in [0.05, 0.1) is 13.2 Å². The van der Waals surface area contributed by atoms with Crippen molar-refractivity contribution in [3.05, 3.63) is 11.9 Å². The molecule has 0 unspecified atom stereocenters. The van der Waals surface area contributed by atoms with Crippen molar-refractivity contribution < 1.29 is 13.6 Å². The summed E-state index contributed by atoms with van der Waals surface area (Å²) in [5.41, 5.74) is 0. The second-order valence-corrected chi connectivity index (χ2v) is 4.90. The Morgan fingerprint density at radius 2 is 1.91 bits per heavy atom. The minimum atomic E-state index is -2.91. The van der Waals surface area contributed by atoms with Gasteiger partial charge in [-0.1, -0.05) is 20.4 Å². The van der Waals surface area contributed by atoms with Crippen LogP contribution in [0.3, 0.4) is 0 Å². The van der Waals surface area contributed by atoms with Crippen LogP contribution in [0.4, 0.5) is 0 Å². The fourth-order valence-electron chi connectivity index (χ4n) is 0.834. The van der Waals surface area contributed by atoms with Crippen LogP contribution in [0.2, 0.25) is 0 Å². The van der Waals surface area contributed by atoms with Crippen LogP contribution in [-0.4, -0.2) is 13.2 Å². The average molecular weight is 176 g/mol. The van der Waals surface area contributed by atoms with Gasteiger partial charge in [-0.05, 0) is 5.92 Å². The Balaban J connectivity index is 2.72. The maximum Gasteiger partial charge on any atom is 0.357 e. The fourth-order valence-corrected chi connectivity index (χ4v) is 2.50. The lowest BCUT2D eigenvalue weighted by Crippen LogP contribution is -1.94. The largest absolute Gasteiger partial charge is 0.357 e. The van der Waals surface area contributed by atoms with E-state index in [9.17, 15) is 4.57 Å². The first kappa shape index (κ1) is 8.98. The van der Waals surface area contributed by atoms with E-state index in [2.05, 4.69) is 6.58 Å². The molecule has 0 aliphatic carbocycles. The molecule has 0 amide bonds. The summed E-state index contributed by atoms with van der Waals surface area (Å²) in [5, 5.41) is 0.579. The summed E-state index contributed by atoms with van der Waals surface area (Å²) in [4.78, 5) is 0. The van der Waals surface area contributed by atoms with Crippen molar-refractivity contribution in [3.63, 3.8) is 0 Å². The molecule has 11 heavy (non-hydrogen) atoms. The highest BCUT2D eigenvalue weighted by molar-refractivity contribution is 7.58. The summed E-state index contributed by atoms with van der Waals surface area (Å²) in [7, 11) is -2.91. The first-order chi connectivity index (χ1) is 5.06. The molecule has 0 bridgehead atoms. The molecule has 0 aromatic heterocycles. The molecule has 1 saturated heterocycles. The van der Waals surface area contributed by atoms with Gasteiger partial charge in [-0.15, -0.1) is 0 Å². The topological polar surface area (TPSA) is 35.5 Å². The van der Waals surface area contributed by atoms with E-state index in [1.165, 1.54) is 0 Å². The van der Waals surface area contributed by atoms with Crippen LogP contribution in [0.5, 0.6) is 0 Å². The van der Waals surface area contributed by atoms with Crippen molar-refractivity contribution in [2.75, 3.05) is 13.2 Å². The maximum absolute atomic E-state index is 11.6. The summed E-state index contributed by atoms with van der Waals surface area (Å²) in [5.74, 6) is 0.152. The molecular formula is C7H13O3P. The second-order valence-electron chi connectivity index (χ2n) is 2.81. The molecule has 0 aromatic rings. The first-order valence-corrected chi connectivity index (χ1v) is 5.19. The number of rotatable bonds is 2. The molecular weight excluding hydrogens is 163 g/mol. The first-order valence-electron chi connectivity index (χ1n) is 3.65. The SMILES string of the molecule is C=C(C(C)C)P1(=O)OCCO1. The zero-order chi connectivity index (χ0) is 8.48. The molecule has 0 N–H and O–H groups in total. The molecule has 1 aliphatic rings. The molecule has 0 radical (unpaired) electrons. The Labute approximate surface area is 66.9 Å². The van der Waals surface area contributed by atoms with Crippen molar-refractivity contribution in [2.24, 2.45) is 5.92 Å². The lowest BCUT2D eigenvalue weighted by atomic mass is 10.2. The van der Waals surface area contributed by atoms with E-state index in [4.69, 9.17) is 9.05 Å². The van der Waals surface area contributed by atoms with E-state index in [0.29, 0.717) is 18.5 Å². The highest BCUT2D eigenvalue weighted by Gasteiger charge is 2.34. The highest BCUT2D eigenvalue weighted by Crippen LogP contribution is 2.60. The van der Waals surface area contributed by atoms with Gasteiger partial charge in [0, 0.05) is 5.31 Å². The van der Waals surface area contributed by atoms with Gasteiger partial charge in [0.15, 0.2) is 0 Å². The molecule has 0 saturated carbocycles. The Bertz CT molecular complexity index is 200. The predicted molar refractivity (Wildman–Crippen MR) is 43.5 cm³/mol. The van der Waals surface area contributed by atoms with Gasteiger partial charge < -0.3 is 9.05 Å². The van der Waals surface area contributed by atoms with Crippen molar-refractivity contribution >= 4 is 7.60 Å². The van der Waals surface area contributed by atoms with Gasteiger partial charge in [0.25, 0.3) is 0 Å². The van der Waals surface area contributed by atoms with Gasteiger partial charge in [0.1, 0.15) is 0 Å². The molecule has 1 aliphatic heterocycles. The molecule has 0 atom stereocenters.